The molecule has 1 heteroatoms. The maximum atomic E-state index is 2.54. The molecular formula is C76H79N. The molecule has 0 atom stereocenters. The summed E-state index contributed by atoms with van der Waals surface area (Å²) in [5.74, 6) is 0. The molecule has 9 aromatic rings. The van der Waals surface area contributed by atoms with E-state index in [9.17, 15) is 0 Å². The van der Waals surface area contributed by atoms with E-state index in [1.165, 1.54) is 111 Å². The van der Waals surface area contributed by atoms with Crippen LogP contribution in [0.3, 0.4) is 0 Å². The molecule has 388 valence electrons. The Morgan fingerprint density at radius 1 is 0.260 bits per heavy atom. The smallest absolute Gasteiger partial charge is 0.0474 e. The molecule has 0 saturated heterocycles. The van der Waals surface area contributed by atoms with Gasteiger partial charge < -0.3 is 4.90 Å². The third-order valence-corrected chi connectivity index (χ3v) is 17.3. The SMILES string of the molecule is CC(C)(C)c1ccc(-c2ccc(N(c3ccc(-c4ccccc4)cc3)c3cc(-c4ccc5c(c4)C(C)(C)c4cc(C(C)(C)C)ccc4-5)c(C(C)(C)C)c(-c4ccc5c(c4)C(C)(C)c4cc(C(C)(C)C)ccc4-5)c3)cc2)cc1. The molecule has 2 aliphatic carbocycles. The second kappa shape index (κ2) is 18.2. The summed E-state index contributed by atoms with van der Waals surface area (Å²) >= 11 is 0. The highest BCUT2D eigenvalue weighted by atomic mass is 15.1. The average Bonchev–Trinajstić information content (AvgIpc) is 3.90. The second-order valence-corrected chi connectivity index (χ2v) is 27.6. The van der Waals surface area contributed by atoms with Crippen LogP contribution in [-0.2, 0) is 32.5 Å². The van der Waals surface area contributed by atoms with Crippen molar-refractivity contribution in [2.24, 2.45) is 0 Å². The Labute approximate surface area is 462 Å². The van der Waals surface area contributed by atoms with Gasteiger partial charge in [0, 0.05) is 27.9 Å². The molecule has 0 fully saturated rings. The maximum absolute atomic E-state index is 2.54. The molecular weight excluding hydrogens is 927 g/mol. The Morgan fingerprint density at radius 2 is 0.571 bits per heavy atom. The quantitative estimate of drug-likeness (QED) is 0.154. The Hall–Kier alpha value is -7.22. The van der Waals surface area contributed by atoms with E-state index >= 15 is 0 Å². The van der Waals surface area contributed by atoms with Gasteiger partial charge in [0.15, 0.2) is 0 Å². The summed E-state index contributed by atoms with van der Waals surface area (Å²) in [6.45, 7) is 37.7. The molecule has 11 rings (SSSR count). The number of nitrogens with zero attached hydrogens (tertiary/aromatic N) is 1. The van der Waals surface area contributed by atoms with Gasteiger partial charge >= 0.3 is 0 Å². The summed E-state index contributed by atoms with van der Waals surface area (Å²) in [6, 6.07) is 72.4. The Kier molecular flexibility index (Phi) is 12.3. The van der Waals surface area contributed by atoms with E-state index in [2.05, 4.69) is 304 Å². The Balaban J connectivity index is 1.15. The van der Waals surface area contributed by atoms with Crippen LogP contribution >= 0.6 is 0 Å². The highest BCUT2D eigenvalue weighted by Gasteiger charge is 2.39. The van der Waals surface area contributed by atoms with E-state index in [0.717, 1.165) is 17.1 Å². The van der Waals surface area contributed by atoms with Crippen molar-refractivity contribution in [2.45, 2.75) is 143 Å². The topological polar surface area (TPSA) is 3.24 Å². The van der Waals surface area contributed by atoms with Gasteiger partial charge in [-0.05, 0) is 181 Å². The molecule has 0 heterocycles. The van der Waals surface area contributed by atoms with Gasteiger partial charge in [0.05, 0.1) is 0 Å². The van der Waals surface area contributed by atoms with Crippen molar-refractivity contribution in [1.29, 1.82) is 0 Å². The van der Waals surface area contributed by atoms with Crippen molar-refractivity contribution in [3.05, 3.63) is 233 Å². The molecule has 0 saturated carbocycles. The molecule has 0 bridgehead atoms. The molecule has 0 spiro atoms. The fraction of sp³-hybridized carbons (Fsp3) is 0.289. The first-order valence-corrected chi connectivity index (χ1v) is 28.2. The number of rotatable bonds is 7. The zero-order valence-corrected chi connectivity index (χ0v) is 48.8. The first-order chi connectivity index (χ1) is 36.2. The van der Waals surface area contributed by atoms with Crippen LogP contribution in [0.15, 0.2) is 188 Å². The van der Waals surface area contributed by atoms with E-state index < -0.39 is 0 Å². The van der Waals surface area contributed by atoms with Gasteiger partial charge in [-0.15, -0.1) is 0 Å². The van der Waals surface area contributed by atoms with Crippen molar-refractivity contribution in [1.82, 2.24) is 0 Å². The van der Waals surface area contributed by atoms with Gasteiger partial charge in [0.1, 0.15) is 0 Å². The summed E-state index contributed by atoms with van der Waals surface area (Å²) in [7, 11) is 0. The van der Waals surface area contributed by atoms with Crippen LogP contribution in [0.4, 0.5) is 17.1 Å². The van der Waals surface area contributed by atoms with Gasteiger partial charge in [-0.25, -0.2) is 0 Å². The lowest BCUT2D eigenvalue weighted by Crippen LogP contribution is -2.19. The predicted molar refractivity (Wildman–Crippen MR) is 333 cm³/mol. The molecule has 9 aromatic carbocycles. The van der Waals surface area contributed by atoms with E-state index in [4.69, 9.17) is 0 Å². The van der Waals surface area contributed by atoms with E-state index in [-0.39, 0.29) is 32.5 Å². The first-order valence-electron chi connectivity index (χ1n) is 28.2. The average molecular weight is 1010 g/mol. The molecule has 0 amide bonds. The Bertz CT molecular complexity index is 3570. The zero-order valence-electron chi connectivity index (χ0n) is 48.8. The molecule has 2 aliphatic rings. The maximum Gasteiger partial charge on any atom is 0.0474 e. The van der Waals surface area contributed by atoms with Crippen LogP contribution in [0.25, 0.3) is 66.8 Å². The van der Waals surface area contributed by atoms with Crippen molar-refractivity contribution in [3.63, 3.8) is 0 Å². The molecule has 0 aromatic heterocycles. The van der Waals surface area contributed by atoms with E-state index in [1.807, 2.05) is 0 Å². The standard InChI is InChI=1S/C76H79N/c1-71(2,3)54-30-22-49(23-31-54)51-26-36-58(37-27-51)77(57-34-24-50(25-35-57)48-20-18-17-19-21-48)59-46-64(52-28-38-60-62-40-32-55(72(4,5)6)44-68(62)75(13,14)66(60)42-52)70(74(10,11)12)65(47-59)53-29-39-61-63-41-33-56(73(7,8)9)45-69(63)76(15,16)67(61)43-53/h17-47H,1-16H3. The molecule has 1 nitrogen and oxygen atoms in total. The predicted octanol–water partition coefficient (Wildman–Crippen LogP) is 21.6. The highest BCUT2D eigenvalue weighted by Crippen LogP contribution is 2.55. The third kappa shape index (κ3) is 9.18. The lowest BCUT2D eigenvalue weighted by atomic mass is 9.75. The van der Waals surface area contributed by atoms with Crippen LogP contribution in [-0.4, -0.2) is 0 Å². The van der Waals surface area contributed by atoms with Crippen LogP contribution in [0, 0.1) is 0 Å². The molecule has 77 heavy (non-hydrogen) atoms. The zero-order chi connectivity index (χ0) is 54.8. The number of fused-ring (bicyclic) bond motifs is 6. The first kappa shape index (κ1) is 51.9. The minimum atomic E-state index is -0.228. The van der Waals surface area contributed by atoms with Crippen molar-refractivity contribution in [3.8, 4) is 66.8 Å². The van der Waals surface area contributed by atoms with E-state index in [1.54, 1.807) is 0 Å². The van der Waals surface area contributed by atoms with Gasteiger partial charge in [-0.1, -0.05) is 250 Å². The molecule has 0 aliphatic heterocycles. The summed E-state index contributed by atoms with van der Waals surface area (Å²) < 4.78 is 0. The van der Waals surface area contributed by atoms with Crippen LogP contribution < -0.4 is 4.90 Å². The van der Waals surface area contributed by atoms with Crippen molar-refractivity contribution in [2.75, 3.05) is 4.90 Å². The monoisotopic (exact) mass is 1010 g/mol. The summed E-state index contributed by atoms with van der Waals surface area (Å²) in [5, 5.41) is 0. The lowest BCUT2D eigenvalue weighted by Gasteiger charge is -2.32. The fourth-order valence-electron chi connectivity index (χ4n) is 12.6. The summed E-state index contributed by atoms with van der Waals surface area (Å²) in [4.78, 5) is 2.49. The third-order valence-electron chi connectivity index (χ3n) is 17.3. The van der Waals surface area contributed by atoms with Crippen LogP contribution in [0.2, 0.25) is 0 Å². The van der Waals surface area contributed by atoms with Crippen LogP contribution in [0.5, 0.6) is 0 Å². The van der Waals surface area contributed by atoms with Gasteiger partial charge in [0.25, 0.3) is 0 Å². The van der Waals surface area contributed by atoms with Gasteiger partial charge in [-0.2, -0.15) is 0 Å². The minimum Gasteiger partial charge on any atom is -0.310 e. The number of benzene rings is 9. The number of hydrogen-bond acceptors (Lipinski definition) is 1. The molecule has 0 unspecified atom stereocenters. The summed E-state index contributed by atoms with van der Waals surface area (Å²) in [6.07, 6.45) is 0. The fourth-order valence-corrected chi connectivity index (χ4v) is 12.6. The van der Waals surface area contributed by atoms with Crippen molar-refractivity contribution < 1.29 is 0 Å². The largest absolute Gasteiger partial charge is 0.310 e. The van der Waals surface area contributed by atoms with Crippen molar-refractivity contribution >= 4 is 17.1 Å². The second-order valence-electron chi connectivity index (χ2n) is 27.6. The van der Waals surface area contributed by atoms with Gasteiger partial charge in [-0.3, -0.25) is 0 Å². The molecule has 0 radical (unpaired) electrons. The highest BCUT2D eigenvalue weighted by molar-refractivity contribution is 5.93. The molecule has 0 N–H and O–H groups in total. The minimum absolute atomic E-state index is 0.0557. The summed E-state index contributed by atoms with van der Waals surface area (Å²) in [5.41, 5.74) is 29.2. The Morgan fingerprint density at radius 3 is 0.935 bits per heavy atom. The van der Waals surface area contributed by atoms with Crippen LogP contribution in [0.1, 0.15) is 155 Å². The van der Waals surface area contributed by atoms with E-state index in [0.29, 0.717) is 0 Å². The number of anilines is 3. The number of hydrogen-bond donors (Lipinski definition) is 0. The van der Waals surface area contributed by atoms with Gasteiger partial charge in [0.2, 0.25) is 0 Å². The lowest BCUT2D eigenvalue weighted by molar-refractivity contribution is 0.584. The normalized spacial score (nSPS) is 14.4.